The SMILES string of the molecule is O=C(C1CC1)N1CCSC1. The lowest BCUT2D eigenvalue weighted by Gasteiger charge is -2.12. The number of hydrogen-bond donors (Lipinski definition) is 0. The number of carbonyl (C=O) groups excluding carboxylic acids is 1. The zero-order chi connectivity index (χ0) is 6.97. The molecule has 1 heterocycles. The van der Waals surface area contributed by atoms with Crippen LogP contribution in [-0.4, -0.2) is 29.0 Å². The van der Waals surface area contributed by atoms with Gasteiger partial charge in [0.1, 0.15) is 0 Å². The summed E-state index contributed by atoms with van der Waals surface area (Å²) < 4.78 is 0. The van der Waals surface area contributed by atoms with Crippen molar-refractivity contribution in [2.24, 2.45) is 5.92 Å². The van der Waals surface area contributed by atoms with E-state index in [4.69, 9.17) is 0 Å². The third kappa shape index (κ3) is 1.15. The van der Waals surface area contributed by atoms with Crippen LogP contribution in [-0.2, 0) is 4.79 Å². The van der Waals surface area contributed by atoms with Crippen LogP contribution in [0.4, 0.5) is 0 Å². The maximum atomic E-state index is 11.3. The highest BCUT2D eigenvalue weighted by Crippen LogP contribution is 2.32. The molecule has 56 valence electrons. The lowest BCUT2D eigenvalue weighted by atomic mass is 10.4. The van der Waals surface area contributed by atoms with Gasteiger partial charge in [-0.25, -0.2) is 0 Å². The van der Waals surface area contributed by atoms with Crippen molar-refractivity contribution in [1.82, 2.24) is 4.90 Å². The molecule has 3 heteroatoms. The Balaban J connectivity index is 1.90. The average Bonchev–Trinajstić information content (AvgIpc) is 2.65. The van der Waals surface area contributed by atoms with Crippen molar-refractivity contribution in [3.05, 3.63) is 0 Å². The van der Waals surface area contributed by atoms with Crippen LogP contribution in [0, 0.1) is 5.92 Å². The van der Waals surface area contributed by atoms with E-state index >= 15 is 0 Å². The van der Waals surface area contributed by atoms with Crippen LogP contribution in [0.3, 0.4) is 0 Å². The van der Waals surface area contributed by atoms with E-state index in [0.717, 1.165) is 31.0 Å². The Kier molecular flexibility index (Phi) is 1.60. The molecule has 1 aliphatic heterocycles. The highest BCUT2D eigenvalue weighted by Gasteiger charge is 2.34. The van der Waals surface area contributed by atoms with E-state index in [-0.39, 0.29) is 0 Å². The Morgan fingerprint density at radius 2 is 2.30 bits per heavy atom. The van der Waals surface area contributed by atoms with Crippen LogP contribution in [0.2, 0.25) is 0 Å². The van der Waals surface area contributed by atoms with Gasteiger partial charge in [-0.1, -0.05) is 0 Å². The first-order valence-corrected chi connectivity index (χ1v) is 4.90. The molecule has 1 saturated carbocycles. The van der Waals surface area contributed by atoms with Crippen molar-refractivity contribution >= 4 is 17.7 Å². The summed E-state index contributed by atoms with van der Waals surface area (Å²) in [6.45, 7) is 0.986. The minimum atomic E-state index is 0.407. The van der Waals surface area contributed by atoms with E-state index < -0.39 is 0 Å². The van der Waals surface area contributed by atoms with Gasteiger partial charge in [0.05, 0.1) is 5.88 Å². The molecule has 1 saturated heterocycles. The summed E-state index contributed by atoms with van der Waals surface area (Å²) in [5, 5.41) is 0. The standard InChI is InChI=1S/C7H11NOS/c9-7(6-1-2-6)8-3-4-10-5-8/h6H,1-5H2. The van der Waals surface area contributed by atoms with Gasteiger partial charge in [-0.05, 0) is 12.8 Å². The third-order valence-corrected chi connectivity index (χ3v) is 2.96. The summed E-state index contributed by atoms with van der Waals surface area (Å²) in [5.74, 6) is 2.90. The predicted octanol–water partition coefficient (Wildman–Crippen LogP) is 0.929. The molecule has 0 bridgehead atoms. The van der Waals surface area contributed by atoms with Crippen molar-refractivity contribution in [2.75, 3.05) is 18.2 Å². The Morgan fingerprint density at radius 3 is 2.80 bits per heavy atom. The largest absolute Gasteiger partial charge is 0.332 e. The second kappa shape index (κ2) is 2.46. The topological polar surface area (TPSA) is 20.3 Å². The van der Waals surface area contributed by atoms with Gasteiger partial charge in [-0.15, -0.1) is 11.8 Å². The predicted molar refractivity (Wildman–Crippen MR) is 41.8 cm³/mol. The van der Waals surface area contributed by atoms with E-state index in [0.29, 0.717) is 11.8 Å². The fourth-order valence-electron chi connectivity index (χ4n) is 1.18. The quantitative estimate of drug-likeness (QED) is 0.564. The van der Waals surface area contributed by atoms with Crippen molar-refractivity contribution < 1.29 is 4.79 Å². The van der Waals surface area contributed by atoms with Gasteiger partial charge in [0.2, 0.25) is 5.91 Å². The normalized spacial score (nSPS) is 25.4. The second-order valence-electron chi connectivity index (χ2n) is 2.91. The summed E-state index contributed by atoms with van der Waals surface area (Å²) in [6.07, 6.45) is 2.28. The second-order valence-corrected chi connectivity index (χ2v) is 3.99. The first-order valence-electron chi connectivity index (χ1n) is 3.74. The smallest absolute Gasteiger partial charge is 0.226 e. The average molecular weight is 157 g/mol. The molecule has 0 aromatic heterocycles. The summed E-state index contributed by atoms with van der Waals surface area (Å²) in [4.78, 5) is 13.3. The number of nitrogens with zero attached hydrogens (tertiary/aromatic N) is 1. The highest BCUT2D eigenvalue weighted by molar-refractivity contribution is 7.99. The minimum Gasteiger partial charge on any atom is -0.332 e. The molecule has 0 unspecified atom stereocenters. The summed E-state index contributed by atoms with van der Waals surface area (Å²) >= 11 is 1.86. The maximum Gasteiger partial charge on any atom is 0.226 e. The van der Waals surface area contributed by atoms with E-state index in [9.17, 15) is 4.79 Å². The molecule has 0 radical (unpaired) electrons. The molecule has 2 rings (SSSR count). The van der Waals surface area contributed by atoms with Crippen LogP contribution in [0.25, 0.3) is 0 Å². The fraction of sp³-hybridized carbons (Fsp3) is 0.857. The van der Waals surface area contributed by atoms with Gasteiger partial charge >= 0.3 is 0 Å². The first kappa shape index (κ1) is 6.53. The van der Waals surface area contributed by atoms with Gasteiger partial charge in [0.15, 0.2) is 0 Å². The zero-order valence-electron chi connectivity index (χ0n) is 5.88. The molecule has 1 amide bonds. The van der Waals surface area contributed by atoms with Crippen molar-refractivity contribution in [1.29, 1.82) is 0 Å². The van der Waals surface area contributed by atoms with Gasteiger partial charge < -0.3 is 4.90 Å². The number of amides is 1. The molecule has 2 fully saturated rings. The Hall–Kier alpha value is -0.180. The Labute approximate surface area is 65.0 Å². The van der Waals surface area contributed by atoms with Crippen LogP contribution < -0.4 is 0 Å². The van der Waals surface area contributed by atoms with E-state index in [1.807, 2.05) is 16.7 Å². The van der Waals surface area contributed by atoms with Gasteiger partial charge in [-0.2, -0.15) is 0 Å². The molecular formula is C7H11NOS. The van der Waals surface area contributed by atoms with Gasteiger partial charge in [0, 0.05) is 18.2 Å². The summed E-state index contributed by atoms with van der Waals surface area (Å²) in [7, 11) is 0. The van der Waals surface area contributed by atoms with E-state index in [1.165, 1.54) is 0 Å². The maximum absolute atomic E-state index is 11.3. The van der Waals surface area contributed by atoms with Crippen molar-refractivity contribution in [3.63, 3.8) is 0 Å². The summed E-state index contributed by atoms with van der Waals surface area (Å²) in [5.41, 5.74) is 0. The highest BCUT2D eigenvalue weighted by atomic mass is 32.2. The molecular weight excluding hydrogens is 146 g/mol. The Bertz CT molecular complexity index is 150. The number of rotatable bonds is 1. The van der Waals surface area contributed by atoms with E-state index in [1.54, 1.807) is 0 Å². The van der Waals surface area contributed by atoms with Crippen molar-refractivity contribution in [3.8, 4) is 0 Å². The zero-order valence-corrected chi connectivity index (χ0v) is 6.69. The molecule has 1 aliphatic carbocycles. The number of carbonyl (C=O) groups is 1. The third-order valence-electron chi connectivity index (χ3n) is 1.99. The van der Waals surface area contributed by atoms with Crippen molar-refractivity contribution in [2.45, 2.75) is 12.8 Å². The monoisotopic (exact) mass is 157 g/mol. The molecule has 2 nitrogen and oxygen atoms in total. The van der Waals surface area contributed by atoms with Crippen LogP contribution in [0.5, 0.6) is 0 Å². The fourth-order valence-corrected chi connectivity index (χ4v) is 2.13. The van der Waals surface area contributed by atoms with Crippen LogP contribution >= 0.6 is 11.8 Å². The number of thioether (sulfide) groups is 1. The van der Waals surface area contributed by atoms with Crippen LogP contribution in [0.15, 0.2) is 0 Å². The molecule has 0 N–H and O–H groups in total. The molecule has 0 aromatic rings. The van der Waals surface area contributed by atoms with Crippen LogP contribution in [0.1, 0.15) is 12.8 Å². The molecule has 2 aliphatic rings. The molecule has 0 spiro atoms. The minimum absolute atomic E-state index is 0.407. The molecule has 0 atom stereocenters. The molecule has 10 heavy (non-hydrogen) atoms. The first-order chi connectivity index (χ1) is 4.88. The van der Waals surface area contributed by atoms with Gasteiger partial charge in [0.25, 0.3) is 0 Å². The summed E-state index contributed by atoms with van der Waals surface area (Å²) in [6, 6.07) is 0. The molecule has 0 aromatic carbocycles. The van der Waals surface area contributed by atoms with E-state index in [2.05, 4.69) is 0 Å². The Morgan fingerprint density at radius 1 is 1.50 bits per heavy atom. The lowest BCUT2D eigenvalue weighted by Crippen LogP contribution is -2.28. The lowest BCUT2D eigenvalue weighted by molar-refractivity contribution is -0.131. The van der Waals surface area contributed by atoms with Gasteiger partial charge in [-0.3, -0.25) is 4.79 Å². The number of hydrogen-bond acceptors (Lipinski definition) is 2.